The fraction of sp³-hybridized carbons (Fsp3) is 0.579. The van der Waals surface area contributed by atoms with Crippen molar-refractivity contribution in [3.63, 3.8) is 0 Å². The van der Waals surface area contributed by atoms with E-state index in [4.69, 9.17) is 0 Å². The number of hydrogen-bond donors (Lipinski definition) is 2. The van der Waals surface area contributed by atoms with Gasteiger partial charge in [-0.05, 0) is 36.2 Å². The number of aromatic nitrogens is 3. The number of H-pyrrole nitrogens is 1. The number of carbonyl (C=O) groups is 1. The highest BCUT2D eigenvalue weighted by Gasteiger charge is 2.32. The van der Waals surface area contributed by atoms with Gasteiger partial charge in [-0.3, -0.25) is 9.89 Å². The van der Waals surface area contributed by atoms with Crippen LogP contribution in [0.2, 0.25) is 0 Å². The Hall–Kier alpha value is -1.85. The number of nitrogens with one attached hydrogen (secondary N) is 2. The van der Waals surface area contributed by atoms with Crippen LogP contribution < -0.4 is 5.32 Å². The van der Waals surface area contributed by atoms with Gasteiger partial charge in [0, 0.05) is 11.3 Å². The Kier molecular flexibility index (Phi) is 5.92. The lowest BCUT2D eigenvalue weighted by atomic mass is 9.72. The largest absolute Gasteiger partial charge is 0.316 e. The second kappa shape index (κ2) is 8.03. The molecule has 0 unspecified atom stereocenters. The van der Waals surface area contributed by atoms with E-state index in [9.17, 15) is 10.1 Å². The Balaban J connectivity index is 1.67. The molecule has 27 heavy (non-hydrogen) atoms. The van der Waals surface area contributed by atoms with Crippen molar-refractivity contribution in [3.8, 4) is 6.07 Å². The Bertz CT molecular complexity index is 872. The van der Waals surface area contributed by atoms with Gasteiger partial charge in [0.25, 0.3) is 0 Å². The number of rotatable bonds is 5. The summed E-state index contributed by atoms with van der Waals surface area (Å²) in [6.45, 7) is 8.81. The molecule has 1 amide bonds. The molecule has 0 fully saturated rings. The van der Waals surface area contributed by atoms with Crippen molar-refractivity contribution < 1.29 is 4.79 Å². The standard InChI is InChI=1S/C19H25N5OS2/c1-5-15-21-18(24-23-15)26-10-16(25)22-17-13(9-20)12-7-6-11(19(2,3)4)8-14(12)27-17/h11H,5-8,10H2,1-4H3,(H,22,25)(H,21,23,24)/t11-/m1/s1. The van der Waals surface area contributed by atoms with E-state index in [1.165, 1.54) is 16.6 Å². The molecule has 0 saturated heterocycles. The van der Waals surface area contributed by atoms with Crippen LogP contribution in [0.5, 0.6) is 0 Å². The summed E-state index contributed by atoms with van der Waals surface area (Å²) in [5.41, 5.74) is 2.03. The minimum absolute atomic E-state index is 0.134. The van der Waals surface area contributed by atoms with Gasteiger partial charge in [0.1, 0.15) is 16.9 Å². The van der Waals surface area contributed by atoms with Gasteiger partial charge in [0.15, 0.2) is 0 Å². The fourth-order valence-electron chi connectivity index (χ4n) is 3.32. The highest BCUT2D eigenvalue weighted by molar-refractivity contribution is 7.99. The molecule has 3 rings (SSSR count). The third-order valence-electron chi connectivity index (χ3n) is 5.03. The van der Waals surface area contributed by atoms with Gasteiger partial charge in [-0.2, -0.15) is 5.26 Å². The highest BCUT2D eigenvalue weighted by Crippen LogP contribution is 2.44. The predicted molar refractivity (Wildman–Crippen MR) is 109 cm³/mol. The molecular formula is C19H25N5OS2. The normalized spacial score (nSPS) is 16.6. The van der Waals surface area contributed by atoms with E-state index in [1.54, 1.807) is 11.3 Å². The summed E-state index contributed by atoms with van der Waals surface area (Å²) in [7, 11) is 0. The van der Waals surface area contributed by atoms with Crippen molar-refractivity contribution in [2.24, 2.45) is 11.3 Å². The molecule has 8 heteroatoms. The Labute approximate surface area is 168 Å². The number of nitriles is 1. The van der Waals surface area contributed by atoms with E-state index >= 15 is 0 Å². The quantitative estimate of drug-likeness (QED) is 0.730. The number of fused-ring (bicyclic) bond motifs is 1. The van der Waals surface area contributed by atoms with E-state index < -0.39 is 0 Å². The maximum atomic E-state index is 12.4. The Morgan fingerprint density at radius 3 is 2.89 bits per heavy atom. The van der Waals surface area contributed by atoms with E-state index in [0.29, 0.717) is 21.6 Å². The second-order valence-corrected chi connectivity index (χ2v) is 9.93. The molecule has 0 aromatic carbocycles. The van der Waals surface area contributed by atoms with Gasteiger partial charge < -0.3 is 5.32 Å². The van der Waals surface area contributed by atoms with Crippen molar-refractivity contribution in [2.75, 3.05) is 11.1 Å². The summed E-state index contributed by atoms with van der Waals surface area (Å²) in [5, 5.41) is 20.7. The lowest BCUT2D eigenvalue weighted by Gasteiger charge is -2.33. The van der Waals surface area contributed by atoms with Gasteiger partial charge in [-0.1, -0.05) is 39.5 Å². The zero-order valence-electron chi connectivity index (χ0n) is 16.2. The number of hydrogen-bond acceptors (Lipinski definition) is 6. The molecule has 2 heterocycles. The lowest BCUT2D eigenvalue weighted by Crippen LogP contribution is -2.26. The van der Waals surface area contributed by atoms with Crippen LogP contribution in [0.3, 0.4) is 0 Å². The maximum Gasteiger partial charge on any atom is 0.235 e. The van der Waals surface area contributed by atoms with Crippen molar-refractivity contribution in [2.45, 2.75) is 58.5 Å². The molecular weight excluding hydrogens is 378 g/mol. The van der Waals surface area contributed by atoms with Crippen LogP contribution in [-0.4, -0.2) is 26.8 Å². The summed E-state index contributed by atoms with van der Waals surface area (Å²) in [5.74, 6) is 1.50. The molecule has 2 N–H and O–H groups in total. The summed E-state index contributed by atoms with van der Waals surface area (Å²) in [6, 6.07) is 2.31. The van der Waals surface area contributed by atoms with E-state index in [0.717, 1.165) is 37.1 Å². The van der Waals surface area contributed by atoms with Crippen molar-refractivity contribution in [1.29, 1.82) is 5.26 Å². The first-order valence-corrected chi connectivity index (χ1v) is 11.0. The van der Waals surface area contributed by atoms with Crippen LogP contribution in [0.1, 0.15) is 55.9 Å². The zero-order chi connectivity index (χ0) is 19.6. The molecule has 0 saturated carbocycles. The molecule has 144 valence electrons. The van der Waals surface area contributed by atoms with Crippen LogP contribution in [0.15, 0.2) is 5.16 Å². The average molecular weight is 404 g/mol. The SMILES string of the molecule is CCc1nc(SCC(=O)Nc2sc3c(c2C#N)CC[C@@H](C(C)(C)C)C3)n[nH]1. The van der Waals surface area contributed by atoms with Gasteiger partial charge in [-0.25, -0.2) is 4.98 Å². The van der Waals surface area contributed by atoms with Crippen molar-refractivity contribution >= 4 is 34.0 Å². The first-order chi connectivity index (χ1) is 12.8. The topological polar surface area (TPSA) is 94.5 Å². The molecule has 0 spiro atoms. The van der Waals surface area contributed by atoms with E-state index in [1.807, 2.05) is 6.92 Å². The van der Waals surface area contributed by atoms with Gasteiger partial charge in [-0.15, -0.1) is 16.4 Å². The van der Waals surface area contributed by atoms with Crippen LogP contribution in [0, 0.1) is 22.7 Å². The zero-order valence-corrected chi connectivity index (χ0v) is 17.8. The summed E-state index contributed by atoms with van der Waals surface area (Å²) in [6.07, 6.45) is 3.77. The number of anilines is 1. The lowest BCUT2D eigenvalue weighted by molar-refractivity contribution is -0.113. The average Bonchev–Trinajstić information content (AvgIpc) is 3.22. The van der Waals surface area contributed by atoms with Gasteiger partial charge in [0.05, 0.1) is 11.3 Å². The number of aromatic amines is 1. The smallest absolute Gasteiger partial charge is 0.235 e. The molecule has 2 aromatic heterocycles. The first-order valence-electron chi connectivity index (χ1n) is 9.20. The third kappa shape index (κ3) is 4.53. The number of nitrogens with zero attached hydrogens (tertiary/aromatic N) is 3. The number of thioether (sulfide) groups is 1. The molecule has 2 aromatic rings. The Morgan fingerprint density at radius 1 is 1.48 bits per heavy atom. The van der Waals surface area contributed by atoms with Crippen molar-refractivity contribution in [3.05, 3.63) is 21.8 Å². The van der Waals surface area contributed by atoms with Crippen LogP contribution in [0.4, 0.5) is 5.00 Å². The van der Waals surface area contributed by atoms with E-state index in [-0.39, 0.29) is 17.1 Å². The number of carbonyl (C=O) groups excluding carboxylic acids is 1. The molecule has 0 bridgehead atoms. The number of thiophene rings is 1. The van der Waals surface area contributed by atoms with Crippen LogP contribution in [0.25, 0.3) is 0 Å². The van der Waals surface area contributed by atoms with Crippen molar-refractivity contribution in [1.82, 2.24) is 15.2 Å². The summed E-state index contributed by atoms with van der Waals surface area (Å²) >= 11 is 2.86. The molecule has 0 aliphatic heterocycles. The minimum atomic E-state index is -0.134. The minimum Gasteiger partial charge on any atom is -0.316 e. The summed E-state index contributed by atoms with van der Waals surface area (Å²) < 4.78 is 0. The number of amides is 1. The Morgan fingerprint density at radius 2 is 2.26 bits per heavy atom. The highest BCUT2D eigenvalue weighted by atomic mass is 32.2. The van der Waals surface area contributed by atoms with E-state index in [2.05, 4.69) is 47.3 Å². The maximum absolute atomic E-state index is 12.4. The third-order valence-corrected chi connectivity index (χ3v) is 7.05. The van der Waals surface area contributed by atoms with Gasteiger partial charge in [0.2, 0.25) is 11.1 Å². The molecule has 1 aliphatic rings. The molecule has 6 nitrogen and oxygen atoms in total. The monoisotopic (exact) mass is 403 g/mol. The predicted octanol–water partition coefficient (Wildman–Crippen LogP) is 4.18. The molecule has 1 atom stereocenters. The second-order valence-electron chi connectivity index (χ2n) is 7.88. The summed E-state index contributed by atoms with van der Waals surface area (Å²) in [4.78, 5) is 17.9. The molecule has 1 aliphatic carbocycles. The first kappa shape index (κ1) is 19.9. The van der Waals surface area contributed by atoms with Crippen LogP contribution >= 0.6 is 23.1 Å². The fourth-order valence-corrected chi connectivity index (χ4v) is 5.24. The van der Waals surface area contributed by atoms with Crippen LogP contribution in [-0.2, 0) is 24.1 Å². The number of aryl methyl sites for hydroxylation is 1. The molecule has 0 radical (unpaired) electrons. The van der Waals surface area contributed by atoms with Gasteiger partial charge >= 0.3 is 0 Å².